The van der Waals surface area contributed by atoms with Crippen molar-refractivity contribution in [2.24, 2.45) is 0 Å². The average Bonchev–Trinajstić information content (AvgIpc) is 4.01. The molecule has 1 atom stereocenters. The molecule has 298 valence electrons. The second-order valence-electron chi connectivity index (χ2n) is 17.2. The van der Waals surface area contributed by atoms with E-state index in [0.29, 0.717) is 0 Å². The van der Waals surface area contributed by atoms with Crippen LogP contribution in [0.25, 0.3) is 82.8 Å². The van der Waals surface area contributed by atoms with Gasteiger partial charge in [-0.25, -0.2) is 0 Å². The van der Waals surface area contributed by atoms with Crippen molar-refractivity contribution in [2.45, 2.75) is 5.41 Å². The fourth-order valence-electron chi connectivity index (χ4n) is 11.4. The van der Waals surface area contributed by atoms with Gasteiger partial charge in [-0.05, 0) is 111 Å². The molecule has 0 amide bonds. The van der Waals surface area contributed by atoms with Crippen molar-refractivity contribution >= 4 is 60.8 Å². The molecule has 10 aromatic carbocycles. The quantitative estimate of drug-likeness (QED) is 0.173. The molecule has 0 radical (unpaired) electrons. The van der Waals surface area contributed by atoms with Crippen LogP contribution in [0.15, 0.2) is 235 Å². The van der Waals surface area contributed by atoms with E-state index in [-0.39, 0.29) is 0 Å². The van der Waals surface area contributed by atoms with E-state index in [9.17, 15) is 0 Å². The second kappa shape index (κ2) is 13.3. The summed E-state index contributed by atoms with van der Waals surface area (Å²) >= 11 is 0. The first-order chi connectivity index (χ1) is 31.8. The fraction of sp³-hybridized carbons (Fsp3) is 0.0164. The first kappa shape index (κ1) is 35.2. The highest BCUT2D eigenvalue weighted by atomic mass is 16.3. The van der Waals surface area contributed by atoms with E-state index < -0.39 is 5.41 Å². The highest BCUT2D eigenvalue weighted by molar-refractivity contribution is 6.13. The predicted molar refractivity (Wildman–Crippen MR) is 264 cm³/mol. The van der Waals surface area contributed by atoms with Gasteiger partial charge < -0.3 is 13.9 Å². The van der Waals surface area contributed by atoms with Crippen molar-refractivity contribution < 1.29 is 4.42 Å². The smallest absolute Gasteiger partial charge is 0.135 e. The summed E-state index contributed by atoms with van der Waals surface area (Å²) in [5.41, 5.74) is 20.5. The highest BCUT2D eigenvalue weighted by Crippen LogP contribution is 2.62. The van der Waals surface area contributed by atoms with Gasteiger partial charge in [0.25, 0.3) is 0 Å². The number of furan rings is 1. The summed E-state index contributed by atoms with van der Waals surface area (Å²) in [5, 5.41) is 4.74. The molecule has 12 aromatic rings. The Hall–Kier alpha value is -8.40. The summed E-state index contributed by atoms with van der Waals surface area (Å²) < 4.78 is 8.92. The Balaban J connectivity index is 1.06. The first-order valence-corrected chi connectivity index (χ1v) is 22.1. The zero-order valence-electron chi connectivity index (χ0n) is 34.7. The van der Waals surface area contributed by atoms with Crippen LogP contribution in [0.1, 0.15) is 22.3 Å². The Kier molecular flexibility index (Phi) is 7.32. The molecular weight excluding hydrogens is 777 g/mol. The number of hydrogen-bond donors (Lipinski definition) is 0. The molecular formula is C61H38N2O. The molecule has 1 aliphatic heterocycles. The van der Waals surface area contributed by atoms with E-state index in [1.54, 1.807) is 0 Å². The topological polar surface area (TPSA) is 21.3 Å². The highest BCUT2D eigenvalue weighted by Gasteiger charge is 2.51. The number of benzene rings is 10. The zero-order valence-corrected chi connectivity index (χ0v) is 34.7. The molecule has 64 heavy (non-hydrogen) atoms. The number of rotatable bonds is 5. The zero-order chi connectivity index (χ0) is 41.9. The number of aromatic nitrogens is 1. The van der Waals surface area contributed by atoms with E-state index in [0.717, 1.165) is 50.1 Å². The Morgan fingerprint density at radius 3 is 1.91 bits per heavy atom. The average molecular weight is 815 g/mol. The molecule has 1 spiro atoms. The molecule has 3 nitrogen and oxygen atoms in total. The van der Waals surface area contributed by atoms with Gasteiger partial charge in [0.2, 0.25) is 0 Å². The first-order valence-electron chi connectivity index (χ1n) is 22.1. The van der Waals surface area contributed by atoms with E-state index in [1.807, 2.05) is 6.07 Å². The third-order valence-electron chi connectivity index (χ3n) is 14.0. The van der Waals surface area contributed by atoms with Crippen molar-refractivity contribution in [3.63, 3.8) is 0 Å². The van der Waals surface area contributed by atoms with Gasteiger partial charge in [-0.2, -0.15) is 0 Å². The van der Waals surface area contributed by atoms with Gasteiger partial charge in [0, 0.05) is 38.5 Å². The van der Waals surface area contributed by atoms with Crippen LogP contribution in [-0.2, 0) is 5.41 Å². The lowest BCUT2D eigenvalue weighted by molar-refractivity contribution is 0.669. The van der Waals surface area contributed by atoms with E-state index >= 15 is 0 Å². The molecule has 3 heterocycles. The van der Waals surface area contributed by atoms with E-state index in [1.165, 1.54) is 72.0 Å². The summed E-state index contributed by atoms with van der Waals surface area (Å²) in [6.07, 6.45) is 0. The number of hydrogen-bond acceptors (Lipinski definition) is 2. The third kappa shape index (κ3) is 4.76. The Morgan fingerprint density at radius 2 is 0.984 bits per heavy atom. The van der Waals surface area contributed by atoms with Gasteiger partial charge in [-0.3, -0.25) is 0 Å². The number of anilines is 3. The molecule has 2 aromatic heterocycles. The lowest BCUT2D eigenvalue weighted by Crippen LogP contribution is -2.33. The largest absolute Gasteiger partial charge is 0.456 e. The SMILES string of the molecule is c1ccc(-c2cccc(-c3ccccc3N(c3ccc4c(c3)C3(c5ccccc5-4)c4ccccc4-n4c5ccccc5c5cccc3c54)c3ccc4oc5ccccc5c4c3)c2)cc1. The van der Waals surface area contributed by atoms with Crippen LogP contribution in [0.4, 0.5) is 17.1 Å². The number of para-hydroxylation sites is 5. The molecule has 0 saturated carbocycles. The summed E-state index contributed by atoms with van der Waals surface area (Å²) in [6.45, 7) is 0. The number of nitrogens with zero attached hydrogens (tertiary/aromatic N) is 2. The molecule has 0 fully saturated rings. The third-order valence-corrected chi connectivity index (χ3v) is 14.0. The fourth-order valence-corrected chi connectivity index (χ4v) is 11.4. The molecule has 0 N–H and O–H groups in total. The molecule has 1 aliphatic carbocycles. The minimum Gasteiger partial charge on any atom is -0.456 e. The lowest BCUT2D eigenvalue weighted by atomic mass is 9.65. The Morgan fingerprint density at radius 1 is 0.359 bits per heavy atom. The minimum absolute atomic E-state index is 0.581. The van der Waals surface area contributed by atoms with Gasteiger partial charge in [-0.15, -0.1) is 0 Å². The van der Waals surface area contributed by atoms with Crippen LogP contribution in [0.3, 0.4) is 0 Å². The van der Waals surface area contributed by atoms with Crippen LogP contribution < -0.4 is 4.90 Å². The monoisotopic (exact) mass is 814 g/mol. The lowest BCUT2D eigenvalue weighted by Gasteiger charge is -2.40. The van der Waals surface area contributed by atoms with Gasteiger partial charge in [0.1, 0.15) is 11.2 Å². The maximum Gasteiger partial charge on any atom is 0.135 e. The second-order valence-corrected chi connectivity index (χ2v) is 17.2. The standard InChI is InChI=1S/C61H38N2O/c1-2-16-39(17-3-1)40-18-14-19-41(36-40)44-20-5-10-28-55(44)62(42-33-35-59-50(37-42)48-23-7-13-31-58(48)64-59)43-32-34-46-45-21-4-8-25-51(45)61(54(46)38-43)52-26-9-12-30-57(52)63-56-29-11-6-22-47(56)49-24-15-27-53(61)60(49)63/h1-38H. The minimum atomic E-state index is -0.581. The predicted octanol–water partition coefficient (Wildman–Crippen LogP) is 16.2. The van der Waals surface area contributed by atoms with Crippen molar-refractivity contribution in [3.8, 4) is 39.1 Å². The molecule has 0 bridgehead atoms. The van der Waals surface area contributed by atoms with Crippen molar-refractivity contribution in [3.05, 3.63) is 253 Å². The van der Waals surface area contributed by atoms with Gasteiger partial charge in [0.05, 0.1) is 27.8 Å². The molecule has 1 unspecified atom stereocenters. The van der Waals surface area contributed by atoms with Crippen LogP contribution in [0.5, 0.6) is 0 Å². The maximum absolute atomic E-state index is 6.41. The van der Waals surface area contributed by atoms with Gasteiger partial charge in [0.15, 0.2) is 0 Å². The summed E-state index contributed by atoms with van der Waals surface area (Å²) in [5.74, 6) is 0. The summed E-state index contributed by atoms with van der Waals surface area (Å²) in [4.78, 5) is 2.47. The van der Waals surface area contributed by atoms with Crippen molar-refractivity contribution in [1.82, 2.24) is 4.57 Å². The van der Waals surface area contributed by atoms with Crippen molar-refractivity contribution in [1.29, 1.82) is 0 Å². The van der Waals surface area contributed by atoms with Crippen LogP contribution in [-0.4, -0.2) is 4.57 Å². The summed E-state index contributed by atoms with van der Waals surface area (Å²) in [6, 6.07) is 84.7. The molecule has 14 rings (SSSR count). The van der Waals surface area contributed by atoms with Crippen LogP contribution in [0.2, 0.25) is 0 Å². The molecule has 3 heteroatoms. The van der Waals surface area contributed by atoms with Gasteiger partial charge >= 0.3 is 0 Å². The van der Waals surface area contributed by atoms with Crippen LogP contribution in [0, 0.1) is 0 Å². The van der Waals surface area contributed by atoms with Gasteiger partial charge in [-0.1, -0.05) is 170 Å². The summed E-state index contributed by atoms with van der Waals surface area (Å²) in [7, 11) is 0. The van der Waals surface area contributed by atoms with E-state index in [4.69, 9.17) is 4.42 Å². The molecule has 0 saturated heterocycles. The maximum atomic E-state index is 6.41. The Labute approximate surface area is 370 Å². The Bertz CT molecular complexity index is 3870. The van der Waals surface area contributed by atoms with Crippen LogP contribution >= 0.6 is 0 Å². The van der Waals surface area contributed by atoms with Crippen molar-refractivity contribution in [2.75, 3.05) is 4.90 Å². The van der Waals surface area contributed by atoms with E-state index in [2.05, 4.69) is 234 Å². The normalized spacial score (nSPS) is 14.6. The number of fused-ring (bicyclic) bond motifs is 15. The molecule has 2 aliphatic rings.